The van der Waals surface area contributed by atoms with Crippen LogP contribution >= 0.6 is 0 Å². The van der Waals surface area contributed by atoms with Crippen LogP contribution in [-0.4, -0.2) is 29.6 Å². The molecule has 0 saturated heterocycles. The number of allylic oxidation sites excluding steroid dienone is 3. The molecule has 3 unspecified atom stereocenters. The summed E-state index contributed by atoms with van der Waals surface area (Å²) in [6, 6.07) is 0. The van der Waals surface area contributed by atoms with Crippen molar-refractivity contribution >= 4 is 11.8 Å². The van der Waals surface area contributed by atoms with Crippen LogP contribution in [0.5, 0.6) is 0 Å². The summed E-state index contributed by atoms with van der Waals surface area (Å²) in [5.74, 6) is 1.76. The molecule has 4 heteroatoms. The SMILES string of the molecule is CCCCCCCCCCOC(=O)CCCCCC[C@H]1C(=O)C=C[C@@H]1/C=C/C(O)CC1CC1CC. The second-order valence-corrected chi connectivity index (χ2v) is 10.9. The van der Waals surface area contributed by atoms with Crippen molar-refractivity contribution in [2.45, 2.75) is 129 Å². The van der Waals surface area contributed by atoms with Crippen molar-refractivity contribution in [1.29, 1.82) is 0 Å². The predicted octanol–water partition coefficient (Wildman–Crippen LogP) is 7.74. The van der Waals surface area contributed by atoms with Crippen molar-refractivity contribution in [2.24, 2.45) is 23.7 Å². The van der Waals surface area contributed by atoms with Gasteiger partial charge < -0.3 is 9.84 Å². The average molecular weight is 489 g/mol. The normalized spacial score (nSPS) is 24.4. The van der Waals surface area contributed by atoms with Gasteiger partial charge in [0, 0.05) is 18.3 Å². The van der Waals surface area contributed by atoms with E-state index in [1.807, 2.05) is 18.2 Å². The molecule has 0 aromatic carbocycles. The molecule has 1 saturated carbocycles. The summed E-state index contributed by atoms with van der Waals surface area (Å²) in [5.41, 5.74) is 0. The van der Waals surface area contributed by atoms with Gasteiger partial charge in [0.15, 0.2) is 5.78 Å². The molecule has 2 aliphatic rings. The number of carbonyl (C=O) groups is 2. The molecular formula is C31H52O4. The fourth-order valence-electron chi connectivity index (χ4n) is 5.41. The summed E-state index contributed by atoms with van der Waals surface area (Å²) in [5, 5.41) is 10.3. The molecule has 200 valence electrons. The van der Waals surface area contributed by atoms with Gasteiger partial charge in [-0.25, -0.2) is 0 Å². The number of hydrogen-bond acceptors (Lipinski definition) is 4. The van der Waals surface area contributed by atoms with Crippen molar-refractivity contribution in [3.05, 3.63) is 24.3 Å². The molecule has 0 spiro atoms. The molecule has 0 heterocycles. The van der Waals surface area contributed by atoms with Crippen molar-refractivity contribution in [1.82, 2.24) is 0 Å². The Balaban J connectivity index is 1.46. The smallest absolute Gasteiger partial charge is 0.305 e. The van der Waals surface area contributed by atoms with Crippen LogP contribution in [0.4, 0.5) is 0 Å². The standard InChI is InChI=1S/C31H52O4/c1-3-5-6-7-8-9-12-15-22-35-31(34)17-14-11-10-13-16-29-26(19-21-30(29)33)18-20-28(32)24-27-23-25(27)4-2/h18-21,25-29,32H,3-17,22-24H2,1-2H3/b20-18+/t25?,26-,27?,28?,29+/m0/s1. The minimum atomic E-state index is -0.392. The van der Waals surface area contributed by atoms with Crippen LogP contribution in [0, 0.1) is 23.7 Å². The lowest BCUT2D eigenvalue weighted by molar-refractivity contribution is -0.143. The van der Waals surface area contributed by atoms with Crippen LogP contribution in [0.25, 0.3) is 0 Å². The first kappa shape index (κ1) is 29.8. The Morgan fingerprint density at radius 2 is 1.69 bits per heavy atom. The van der Waals surface area contributed by atoms with Crippen molar-refractivity contribution in [2.75, 3.05) is 6.61 Å². The molecule has 5 atom stereocenters. The van der Waals surface area contributed by atoms with Crippen LogP contribution in [0.3, 0.4) is 0 Å². The summed E-state index contributed by atoms with van der Waals surface area (Å²) in [4.78, 5) is 24.2. The summed E-state index contributed by atoms with van der Waals surface area (Å²) in [6.45, 7) is 5.02. The third-order valence-corrected chi connectivity index (χ3v) is 7.91. The van der Waals surface area contributed by atoms with E-state index in [1.165, 1.54) is 51.4 Å². The van der Waals surface area contributed by atoms with Gasteiger partial charge in [-0.2, -0.15) is 0 Å². The highest BCUT2D eigenvalue weighted by Gasteiger charge is 2.36. The summed E-state index contributed by atoms with van der Waals surface area (Å²) in [7, 11) is 0. The van der Waals surface area contributed by atoms with Crippen LogP contribution in [0.2, 0.25) is 0 Å². The molecule has 1 fully saturated rings. The second-order valence-electron chi connectivity index (χ2n) is 10.9. The maximum absolute atomic E-state index is 12.3. The number of aliphatic hydroxyl groups is 1. The molecule has 1 N–H and O–H groups in total. The molecule has 0 bridgehead atoms. The second kappa shape index (κ2) is 17.9. The van der Waals surface area contributed by atoms with Gasteiger partial charge in [-0.3, -0.25) is 9.59 Å². The van der Waals surface area contributed by atoms with Gasteiger partial charge in [-0.05, 0) is 50.0 Å². The van der Waals surface area contributed by atoms with E-state index < -0.39 is 6.10 Å². The van der Waals surface area contributed by atoms with Gasteiger partial charge in [0.1, 0.15) is 0 Å². The van der Waals surface area contributed by atoms with Crippen molar-refractivity contribution < 1.29 is 19.4 Å². The Labute approximate surface area is 215 Å². The third-order valence-electron chi connectivity index (χ3n) is 7.91. The molecule has 0 aromatic heterocycles. The lowest BCUT2D eigenvalue weighted by Gasteiger charge is -2.15. The quantitative estimate of drug-likeness (QED) is 0.102. The minimum absolute atomic E-state index is 0.0133. The molecule has 0 amide bonds. The Morgan fingerprint density at radius 3 is 2.40 bits per heavy atom. The number of unbranched alkanes of at least 4 members (excludes halogenated alkanes) is 10. The number of rotatable bonds is 21. The van der Waals surface area contributed by atoms with Gasteiger partial charge in [0.25, 0.3) is 0 Å². The zero-order valence-electron chi connectivity index (χ0n) is 22.6. The lowest BCUT2D eigenvalue weighted by atomic mass is 9.88. The van der Waals surface area contributed by atoms with E-state index in [0.29, 0.717) is 18.9 Å². The van der Waals surface area contributed by atoms with Crippen molar-refractivity contribution in [3.63, 3.8) is 0 Å². The Bertz CT molecular complexity index is 652. The molecule has 0 aliphatic heterocycles. The molecule has 4 nitrogen and oxygen atoms in total. The number of ether oxygens (including phenoxy) is 1. The van der Waals surface area contributed by atoms with Gasteiger partial charge in [-0.15, -0.1) is 0 Å². The first-order valence-corrected chi connectivity index (χ1v) is 14.8. The van der Waals surface area contributed by atoms with E-state index in [-0.39, 0.29) is 23.6 Å². The number of aliphatic hydroxyl groups excluding tert-OH is 1. The first-order chi connectivity index (χ1) is 17.0. The number of ketones is 1. The largest absolute Gasteiger partial charge is 0.466 e. The average Bonchev–Trinajstić information content (AvgIpc) is 3.51. The van der Waals surface area contributed by atoms with Gasteiger partial charge >= 0.3 is 5.97 Å². The Morgan fingerprint density at radius 1 is 1.00 bits per heavy atom. The maximum Gasteiger partial charge on any atom is 0.305 e. The summed E-state index contributed by atoms with van der Waals surface area (Å²) < 4.78 is 5.37. The zero-order chi connectivity index (χ0) is 25.3. The maximum atomic E-state index is 12.3. The van der Waals surface area contributed by atoms with Crippen LogP contribution < -0.4 is 0 Å². The molecule has 2 aliphatic carbocycles. The van der Waals surface area contributed by atoms with Gasteiger partial charge in [-0.1, -0.05) is 103 Å². The lowest BCUT2D eigenvalue weighted by Crippen LogP contribution is -2.15. The topological polar surface area (TPSA) is 63.6 Å². The molecule has 0 radical (unpaired) electrons. The highest BCUT2D eigenvalue weighted by atomic mass is 16.5. The predicted molar refractivity (Wildman–Crippen MR) is 144 cm³/mol. The van der Waals surface area contributed by atoms with Crippen LogP contribution in [0.1, 0.15) is 123 Å². The summed E-state index contributed by atoms with van der Waals surface area (Å²) in [6.07, 6.45) is 25.9. The van der Waals surface area contributed by atoms with Crippen LogP contribution in [0.15, 0.2) is 24.3 Å². The number of carbonyl (C=O) groups excluding carboxylic acids is 2. The highest BCUT2D eigenvalue weighted by molar-refractivity contribution is 5.94. The minimum Gasteiger partial charge on any atom is -0.466 e. The molecule has 35 heavy (non-hydrogen) atoms. The molecule has 0 aromatic rings. The van der Waals surface area contributed by atoms with Gasteiger partial charge in [0.2, 0.25) is 0 Å². The number of hydrogen-bond donors (Lipinski definition) is 1. The number of esters is 1. The third kappa shape index (κ3) is 12.9. The van der Waals surface area contributed by atoms with E-state index in [1.54, 1.807) is 6.08 Å². The van der Waals surface area contributed by atoms with E-state index in [9.17, 15) is 14.7 Å². The molecular weight excluding hydrogens is 436 g/mol. The summed E-state index contributed by atoms with van der Waals surface area (Å²) >= 11 is 0. The zero-order valence-corrected chi connectivity index (χ0v) is 22.6. The monoisotopic (exact) mass is 488 g/mol. The van der Waals surface area contributed by atoms with Gasteiger partial charge in [0.05, 0.1) is 12.7 Å². The highest BCUT2D eigenvalue weighted by Crippen LogP contribution is 2.44. The fourth-order valence-corrected chi connectivity index (χ4v) is 5.41. The molecule has 2 rings (SSSR count). The fraction of sp³-hybridized carbons (Fsp3) is 0.806. The van der Waals surface area contributed by atoms with E-state index in [4.69, 9.17) is 4.74 Å². The van der Waals surface area contributed by atoms with E-state index in [0.717, 1.165) is 57.3 Å². The van der Waals surface area contributed by atoms with E-state index >= 15 is 0 Å². The first-order valence-electron chi connectivity index (χ1n) is 14.8. The van der Waals surface area contributed by atoms with Crippen LogP contribution in [-0.2, 0) is 14.3 Å². The Hall–Kier alpha value is -1.42. The Kier molecular flexibility index (Phi) is 15.3. The van der Waals surface area contributed by atoms with E-state index in [2.05, 4.69) is 13.8 Å². The van der Waals surface area contributed by atoms with Crippen molar-refractivity contribution in [3.8, 4) is 0 Å².